The molecule has 0 bridgehead atoms. The lowest BCUT2D eigenvalue weighted by Gasteiger charge is -2.09. The van der Waals surface area contributed by atoms with Gasteiger partial charge in [-0.15, -0.1) is 11.3 Å². The van der Waals surface area contributed by atoms with Gasteiger partial charge in [-0.2, -0.15) is 5.26 Å². The first-order chi connectivity index (χ1) is 12.1. The predicted octanol–water partition coefficient (Wildman–Crippen LogP) is 4.28. The summed E-state index contributed by atoms with van der Waals surface area (Å²) in [6, 6.07) is 10.0. The smallest absolute Gasteiger partial charge is 0.183 e. The predicted molar refractivity (Wildman–Crippen MR) is 106 cm³/mol. The maximum atomic E-state index is 8.72. The number of benzene rings is 1. The van der Waals surface area contributed by atoms with Gasteiger partial charge in [0.2, 0.25) is 0 Å². The zero-order valence-corrected chi connectivity index (χ0v) is 15.9. The number of hydrogen-bond acceptors (Lipinski definition) is 7. The van der Waals surface area contributed by atoms with Crippen molar-refractivity contribution in [2.24, 2.45) is 0 Å². The van der Waals surface area contributed by atoms with Gasteiger partial charge in [0.25, 0.3) is 0 Å². The van der Waals surface area contributed by atoms with Crippen LogP contribution in [0, 0.1) is 11.3 Å². The molecule has 0 amide bonds. The number of rotatable bonds is 6. The Labute approximate surface area is 152 Å². The zero-order chi connectivity index (χ0) is 17.8. The molecule has 0 spiro atoms. The molecule has 6 nitrogen and oxygen atoms in total. The van der Waals surface area contributed by atoms with E-state index < -0.39 is 0 Å². The van der Waals surface area contributed by atoms with Gasteiger partial charge in [0.1, 0.15) is 18.0 Å². The van der Waals surface area contributed by atoms with Crippen molar-refractivity contribution in [2.75, 3.05) is 17.2 Å². The summed E-state index contributed by atoms with van der Waals surface area (Å²) in [5, 5.41) is 18.8. The molecule has 0 fully saturated rings. The van der Waals surface area contributed by atoms with Gasteiger partial charge in [-0.25, -0.2) is 9.97 Å². The van der Waals surface area contributed by atoms with E-state index in [9.17, 15) is 0 Å². The standard InChI is InChI=1S/C17H18N5OPS/c1-10(2)20-17-22-15(9-25-17)14-8-16(23-24)12-4-3-11(19-6-5-18)7-13(12)21-14/h3-4,7-10,19H,6,24H2,1-2H3,(H,20,22). The first kappa shape index (κ1) is 17.4. The SMILES string of the molecule is CC(C)Nc1nc(-c2cc(OP)c3ccc(NCC#N)cc3n2)cs1. The monoisotopic (exact) mass is 371 g/mol. The molecule has 0 aliphatic heterocycles. The van der Waals surface area contributed by atoms with E-state index in [1.165, 1.54) is 0 Å². The Morgan fingerprint density at radius 1 is 1.28 bits per heavy atom. The van der Waals surface area contributed by atoms with E-state index in [1.54, 1.807) is 11.3 Å². The van der Waals surface area contributed by atoms with Crippen molar-refractivity contribution in [3.05, 3.63) is 29.6 Å². The number of aromatic nitrogens is 2. The van der Waals surface area contributed by atoms with Gasteiger partial charge in [-0.3, -0.25) is 0 Å². The summed E-state index contributed by atoms with van der Waals surface area (Å²) in [6.45, 7) is 4.39. The van der Waals surface area contributed by atoms with Crippen molar-refractivity contribution < 1.29 is 4.52 Å². The largest absolute Gasteiger partial charge is 0.480 e. The molecular weight excluding hydrogens is 353 g/mol. The summed E-state index contributed by atoms with van der Waals surface area (Å²) in [5.74, 6) is 0.711. The topological polar surface area (TPSA) is 82.9 Å². The quantitative estimate of drug-likeness (QED) is 0.497. The van der Waals surface area contributed by atoms with Crippen LogP contribution < -0.4 is 15.2 Å². The van der Waals surface area contributed by atoms with Crippen LogP contribution in [0.25, 0.3) is 22.3 Å². The van der Waals surface area contributed by atoms with Crippen LogP contribution in [0.5, 0.6) is 5.75 Å². The highest BCUT2D eigenvalue weighted by Gasteiger charge is 2.12. The van der Waals surface area contributed by atoms with E-state index in [4.69, 9.17) is 14.8 Å². The second-order valence-electron chi connectivity index (χ2n) is 5.70. The van der Waals surface area contributed by atoms with E-state index in [0.717, 1.165) is 33.1 Å². The van der Waals surface area contributed by atoms with Crippen LogP contribution in [-0.4, -0.2) is 22.6 Å². The molecule has 2 N–H and O–H groups in total. The van der Waals surface area contributed by atoms with Crippen molar-refractivity contribution >= 4 is 42.5 Å². The fourth-order valence-electron chi connectivity index (χ4n) is 2.38. The third-order valence-electron chi connectivity index (χ3n) is 3.45. The lowest BCUT2D eigenvalue weighted by atomic mass is 10.1. The Morgan fingerprint density at radius 2 is 2.12 bits per heavy atom. The van der Waals surface area contributed by atoms with Crippen molar-refractivity contribution in [1.29, 1.82) is 5.26 Å². The summed E-state index contributed by atoms with van der Waals surface area (Å²) in [6.07, 6.45) is 0. The third-order valence-corrected chi connectivity index (χ3v) is 4.48. The number of fused-ring (bicyclic) bond motifs is 1. The second kappa shape index (κ2) is 7.64. The molecule has 1 aromatic carbocycles. The lowest BCUT2D eigenvalue weighted by Crippen LogP contribution is -2.09. The number of nitriles is 1. The van der Waals surface area contributed by atoms with Gasteiger partial charge in [-0.1, -0.05) is 0 Å². The van der Waals surface area contributed by atoms with Crippen LogP contribution in [-0.2, 0) is 0 Å². The van der Waals surface area contributed by atoms with E-state index in [1.807, 2.05) is 29.6 Å². The molecule has 3 rings (SSSR count). The van der Waals surface area contributed by atoms with Crippen molar-refractivity contribution in [1.82, 2.24) is 9.97 Å². The first-order valence-electron chi connectivity index (χ1n) is 7.75. The fourth-order valence-corrected chi connectivity index (χ4v) is 3.43. The Bertz CT molecular complexity index is 934. The molecule has 0 saturated heterocycles. The lowest BCUT2D eigenvalue weighted by molar-refractivity contribution is 0.653. The summed E-state index contributed by atoms with van der Waals surface area (Å²) in [7, 11) is 2.28. The van der Waals surface area contributed by atoms with Gasteiger partial charge in [0, 0.05) is 28.6 Å². The second-order valence-corrected chi connectivity index (χ2v) is 6.80. The molecule has 8 heteroatoms. The zero-order valence-electron chi connectivity index (χ0n) is 13.9. The van der Waals surface area contributed by atoms with E-state index in [2.05, 4.69) is 45.0 Å². The average molecular weight is 371 g/mol. The summed E-state index contributed by atoms with van der Waals surface area (Å²) >= 11 is 1.55. The molecule has 0 aliphatic rings. The van der Waals surface area contributed by atoms with Gasteiger partial charge < -0.3 is 15.2 Å². The highest BCUT2D eigenvalue weighted by molar-refractivity contribution is 7.14. The first-order valence-corrected chi connectivity index (χ1v) is 9.10. The molecule has 0 saturated carbocycles. The molecular formula is C17H18N5OPS. The molecule has 128 valence electrons. The van der Waals surface area contributed by atoms with Gasteiger partial charge in [-0.05, 0) is 32.0 Å². The number of anilines is 2. The van der Waals surface area contributed by atoms with Crippen LogP contribution in [0.1, 0.15) is 13.8 Å². The Balaban J connectivity index is 2.03. The minimum atomic E-state index is 0.245. The molecule has 1 unspecified atom stereocenters. The van der Waals surface area contributed by atoms with E-state index in [-0.39, 0.29) is 6.54 Å². The third kappa shape index (κ3) is 3.98. The van der Waals surface area contributed by atoms with Crippen molar-refractivity contribution in [3.63, 3.8) is 0 Å². The van der Waals surface area contributed by atoms with E-state index >= 15 is 0 Å². The van der Waals surface area contributed by atoms with Crippen LogP contribution in [0.2, 0.25) is 0 Å². The van der Waals surface area contributed by atoms with E-state index in [0.29, 0.717) is 11.8 Å². The maximum Gasteiger partial charge on any atom is 0.183 e. The highest BCUT2D eigenvalue weighted by atomic mass is 32.1. The van der Waals surface area contributed by atoms with Crippen LogP contribution in [0.15, 0.2) is 29.6 Å². The summed E-state index contributed by atoms with van der Waals surface area (Å²) in [4.78, 5) is 9.32. The maximum absolute atomic E-state index is 8.72. The number of hydrogen-bond donors (Lipinski definition) is 2. The van der Waals surface area contributed by atoms with Gasteiger partial charge in [0.05, 0.1) is 26.7 Å². The minimum Gasteiger partial charge on any atom is -0.480 e. The molecule has 2 aromatic heterocycles. The highest BCUT2D eigenvalue weighted by Crippen LogP contribution is 2.33. The summed E-state index contributed by atoms with van der Waals surface area (Å²) in [5.41, 5.74) is 3.17. The normalized spacial score (nSPS) is 10.7. The number of nitrogens with one attached hydrogen (secondary N) is 2. The van der Waals surface area contributed by atoms with Crippen LogP contribution in [0.3, 0.4) is 0 Å². The number of nitrogens with zero attached hydrogens (tertiary/aromatic N) is 3. The number of thiazole rings is 1. The molecule has 0 aliphatic carbocycles. The Kier molecular flexibility index (Phi) is 5.32. The minimum absolute atomic E-state index is 0.245. The van der Waals surface area contributed by atoms with Gasteiger partial charge >= 0.3 is 0 Å². The Hall–Kier alpha value is -2.42. The molecule has 25 heavy (non-hydrogen) atoms. The summed E-state index contributed by atoms with van der Waals surface area (Å²) < 4.78 is 5.45. The Morgan fingerprint density at radius 3 is 2.84 bits per heavy atom. The molecule has 1 atom stereocenters. The number of pyridine rings is 1. The average Bonchev–Trinajstić information content (AvgIpc) is 3.06. The van der Waals surface area contributed by atoms with Gasteiger partial charge in [0.15, 0.2) is 5.13 Å². The van der Waals surface area contributed by atoms with Crippen LogP contribution in [0.4, 0.5) is 10.8 Å². The fraction of sp³-hybridized carbons (Fsp3) is 0.235. The molecule has 2 heterocycles. The van der Waals surface area contributed by atoms with Crippen molar-refractivity contribution in [3.8, 4) is 23.2 Å². The van der Waals surface area contributed by atoms with Crippen molar-refractivity contribution in [2.45, 2.75) is 19.9 Å². The molecule has 3 aromatic rings. The molecule has 0 radical (unpaired) electrons. The van der Waals surface area contributed by atoms with Crippen LogP contribution >= 0.6 is 20.8 Å².